The molecule has 0 saturated carbocycles. The van der Waals surface area contributed by atoms with Crippen LogP contribution in [0.1, 0.15) is 0 Å². The summed E-state index contributed by atoms with van der Waals surface area (Å²) in [6, 6.07) is 20.2. The number of imidazole rings is 1. The SMILES string of the molecule is COc1ccc(-c2cn3nc(NC(=O)Nc4ccc(F)cc4)c4ccccc4c3n2)cc1. The van der Waals surface area contributed by atoms with Crippen molar-refractivity contribution in [2.75, 3.05) is 17.7 Å². The monoisotopic (exact) mass is 427 g/mol. The van der Waals surface area contributed by atoms with Crippen molar-refractivity contribution in [3.05, 3.63) is 84.8 Å². The molecule has 5 aromatic rings. The van der Waals surface area contributed by atoms with E-state index in [0.29, 0.717) is 17.2 Å². The highest BCUT2D eigenvalue weighted by molar-refractivity contribution is 6.07. The Morgan fingerprint density at radius 3 is 2.38 bits per heavy atom. The van der Waals surface area contributed by atoms with Crippen LogP contribution in [0.4, 0.5) is 20.7 Å². The van der Waals surface area contributed by atoms with E-state index in [0.717, 1.165) is 27.8 Å². The minimum absolute atomic E-state index is 0.373. The summed E-state index contributed by atoms with van der Waals surface area (Å²) in [7, 11) is 1.62. The van der Waals surface area contributed by atoms with Crippen LogP contribution in [0.15, 0.2) is 79.0 Å². The quantitative estimate of drug-likeness (QED) is 0.406. The molecule has 8 heteroatoms. The smallest absolute Gasteiger partial charge is 0.324 e. The zero-order valence-corrected chi connectivity index (χ0v) is 17.0. The summed E-state index contributed by atoms with van der Waals surface area (Å²) in [6.45, 7) is 0. The van der Waals surface area contributed by atoms with Crippen molar-refractivity contribution in [1.82, 2.24) is 14.6 Å². The summed E-state index contributed by atoms with van der Waals surface area (Å²) in [6.07, 6.45) is 1.81. The second-order valence-electron chi connectivity index (χ2n) is 7.10. The van der Waals surface area contributed by atoms with Gasteiger partial charge in [0.2, 0.25) is 0 Å². The number of fused-ring (bicyclic) bond motifs is 3. The Morgan fingerprint density at radius 1 is 0.938 bits per heavy atom. The van der Waals surface area contributed by atoms with Crippen LogP contribution in [0.25, 0.3) is 27.7 Å². The van der Waals surface area contributed by atoms with Crippen LogP contribution in [0, 0.1) is 5.82 Å². The number of anilines is 2. The third kappa shape index (κ3) is 3.69. The summed E-state index contributed by atoms with van der Waals surface area (Å²) >= 11 is 0. The van der Waals surface area contributed by atoms with Crippen LogP contribution in [-0.2, 0) is 0 Å². The van der Waals surface area contributed by atoms with Gasteiger partial charge in [-0.3, -0.25) is 5.32 Å². The molecule has 0 fully saturated rings. The average molecular weight is 427 g/mol. The Kier molecular flexibility index (Phi) is 4.87. The molecule has 0 radical (unpaired) electrons. The van der Waals surface area contributed by atoms with E-state index in [2.05, 4.69) is 15.7 Å². The fourth-order valence-electron chi connectivity index (χ4n) is 3.47. The lowest BCUT2D eigenvalue weighted by molar-refractivity contribution is 0.262. The van der Waals surface area contributed by atoms with Crippen LogP contribution in [-0.4, -0.2) is 27.7 Å². The maximum atomic E-state index is 13.1. The number of hydrogen-bond acceptors (Lipinski definition) is 4. The number of rotatable bonds is 4. The predicted octanol–water partition coefficient (Wildman–Crippen LogP) is 5.34. The van der Waals surface area contributed by atoms with Gasteiger partial charge in [-0.15, -0.1) is 5.10 Å². The molecule has 2 N–H and O–H groups in total. The van der Waals surface area contributed by atoms with Gasteiger partial charge >= 0.3 is 6.03 Å². The maximum absolute atomic E-state index is 13.1. The first-order valence-corrected chi connectivity index (χ1v) is 9.87. The molecular formula is C24H18FN5O2. The van der Waals surface area contributed by atoms with Gasteiger partial charge in [0, 0.05) is 22.0 Å². The summed E-state index contributed by atoms with van der Waals surface area (Å²) in [5, 5.41) is 11.6. The zero-order valence-electron chi connectivity index (χ0n) is 17.0. The van der Waals surface area contributed by atoms with Crippen LogP contribution in [0.2, 0.25) is 0 Å². The Labute approximate surface area is 182 Å². The first-order chi connectivity index (χ1) is 15.6. The normalized spacial score (nSPS) is 10.9. The third-order valence-corrected chi connectivity index (χ3v) is 5.04. The molecule has 0 aliphatic heterocycles. The fraction of sp³-hybridized carbons (Fsp3) is 0.0417. The first kappa shape index (κ1) is 19.5. The van der Waals surface area contributed by atoms with Gasteiger partial charge in [0.1, 0.15) is 11.6 Å². The number of methoxy groups -OCH3 is 1. The highest BCUT2D eigenvalue weighted by Gasteiger charge is 2.14. The maximum Gasteiger partial charge on any atom is 0.324 e. The Bertz CT molecular complexity index is 1430. The molecule has 5 rings (SSSR count). The number of ether oxygens (including phenoxy) is 1. The average Bonchev–Trinajstić information content (AvgIpc) is 3.25. The first-order valence-electron chi connectivity index (χ1n) is 9.87. The van der Waals surface area contributed by atoms with Gasteiger partial charge in [-0.25, -0.2) is 18.7 Å². The summed E-state index contributed by atoms with van der Waals surface area (Å²) < 4.78 is 20.0. The van der Waals surface area contributed by atoms with E-state index in [1.165, 1.54) is 24.3 Å². The van der Waals surface area contributed by atoms with Gasteiger partial charge in [-0.1, -0.05) is 24.3 Å². The van der Waals surface area contributed by atoms with Gasteiger partial charge in [-0.05, 0) is 48.5 Å². The Morgan fingerprint density at radius 2 is 1.66 bits per heavy atom. The van der Waals surface area contributed by atoms with E-state index in [4.69, 9.17) is 9.72 Å². The van der Waals surface area contributed by atoms with E-state index in [1.54, 1.807) is 11.6 Å². The largest absolute Gasteiger partial charge is 0.497 e. The predicted molar refractivity (Wildman–Crippen MR) is 122 cm³/mol. The molecule has 0 aliphatic rings. The molecule has 0 unspecified atom stereocenters. The summed E-state index contributed by atoms with van der Waals surface area (Å²) in [5.74, 6) is 0.771. The van der Waals surface area contributed by atoms with Gasteiger partial charge in [0.25, 0.3) is 0 Å². The van der Waals surface area contributed by atoms with Crippen molar-refractivity contribution < 1.29 is 13.9 Å². The summed E-state index contributed by atoms with van der Waals surface area (Å²) in [5.41, 5.74) is 2.82. The van der Waals surface area contributed by atoms with Gasteiger partial charge in [0.05, 0.1) is 19.0 Å². The van der Waals surface area contributed by atoms with Crippen molar-refractivity contribution in [2.45, 2.75) is 0 Å². The van der Waals surface area contributed by atoms with E-state index in [-0.39, 0.29) is 5.82 Å². The third-order valence-electron chi connectivity index (χ3n) is 5.04. The number of aromatic nitrogens is 3. The highest BCUT2D eigenvalue weighted by atomic mass is 19.1. The Hall–Kier alpha value is -4.46. The number of carbonyl (C=O) groups excluding carboxylic acids is 1. The molecule has 32 heavy (non-hydrogen) atoms. The molecule has 0 bridgehead atoms. The molecule has 0 saturated heterocycles. The van der Waals surface area contributed by atoms with E-state index < -0.39 is 6.03 Å². The van der Waals surface area contributed by atoms with Crippen LogP contribution in [0.3, 0.4) is 0 Å². The highest BCUT2D eigenvalue weighted by Crippen LogP contribution is 2.28. The number of urea groups is 1. The second kappa shape index (κ2) is 7.99. The van der Waals surface area contributed by atoms with Gasteiger partial charge in [0.15, 0.2) is 11.5 Å². The topological polar surface area (TPSA) is 80.5 Å². The summed E-state index contributed by atoms with van der Waals surface area (Å²) in [4.78, 5) is 17.3. The molecular weight excluding hydrogens is 409 g/mol. The molecule has 2 heterocycles. The minimum atomic E-state index is -0.482. The van der Waals surface area contributed by atoms with Crippen LogP contribution in [0.5, 0.6) is 5.75 Å². The molecule has 0 aliphatic carbocycles. The van der Waals surface area contributed by atoms with Crippen molar-refractivity contribution in [3.8, 4) is 17.0 Å². The van der Waals surface area contributed by atoms with E-state index in [1.807, 2.05) is 54.7 Å². The molecule has 0 atom stereocenters. The van der Waals surface area contributed by atoms with E-state index in [9.17, 15) is 9.18 Å². The minimum Gasteiger partial charge on any atom is -0.497 e. The molecule has 7 nitrogen and oxygen atoms in total. The van der Waals surface area contributed by atoms with Crippen molar-refractivity contribution >= 4 is 34.0 Å². The van der Waals surface area contributed by atoms with Gasteiger partial charge < -0.3 is 10.1 Å². The fourth-order valence-corrected chi connectivity index (χ4v) is 3.47. The zero-order chi connectivity index (χ0) is 22.1. The number of nitrogens with one attached hydrogen (secondary N) is 2. The Balaban J connectivity index is 1.52. The van der Waals surface area contributed by atoms with E-state index >= 15 is 0 Å². The van der Waals surface area contributed by atoms with Crippen LogP contribution < -0.4 is 15.4 Å². The van der Waals surface area contributed by atoms with Crippen LogP contribution >= 0.6 is 0 Å². The number of hydrogen-bond donors (Lipinski definition) is 2. The molecule has 2 amide bonds. The second-order valence-corrected chi connectivity index (χ2v) is 7.10. The number of halogens is 1. The molecule has 158 valence electrons. The van der Waals surface area contributed by atoms with Crippen molar-refractivity contribution in [2.24, 2.45) is 0 Å². The number of carbonyl (C=O) groups is 1. The van der Waals surface area contributed by atoms with Crippen molar-refractivity contribution in [3.63, 3.8) is 0 Å². The lowest BCUT2D eigenvalue weighted by atomic mass is 10.1. The number of benzene rings is 3. The molecule has 0 spiro atoms. The number of amides is 2. The van der Waals surface area contributed by atoms with Gasteiger partial charge in [-0.2, -0.15) is 0 Å². The molecule has 2 aromatic heterocycles. The van der Waals surface area contributed by atoms with Crippen molar-refractivity contribution in [1.29, 1.82) is 0 Å². The lowest BCUT2D eigenvalue weighted by Gasteiger charge is -2.10. The lowest BCUT2D eigenvalue weighted by Crippen LogP contribution is -2.21. The molecule has 3 aromatic carbocycles. The number of nitrogens with zero attached hydrogens (tertiary/aromatic N) is 3. The standard InChI is InChI=1S/C24H18FN5O2/c1-32-18-12-6-15(7-13-18)21-14-30-23(27-21)20-5-3-2-4-19(20)22(29-30)28-24(31)26-17-10-8-16(25)9-11-17/h2-14H,1H3,(H2,26,28,29,31).